The Kier molecular flexibility index (Phi) is 8.31. The molecule has 0 aliphatic carbocycles. The van der Waals surface area contributed by atoms with E-state index in [1.165, 1.54) is 31.9 Å². The maximum Gasteiger partial charge on any atom is 0.277 e. The van der Waals surface area contributed by atoms with Gasteiger partial charge in [-0.2, -0.15) is 8.42 Å². The largest absolute Gasteiger partial charge is 0.368 e. The highest BCUT2D eigenvalue weighted by molar-refractivity contribution is 7.92. The van der Waals surface area contributed by atoms with Crippen molar-refractivity contribution in [3.63, 3.8) is 0 Å². The Bertz CT molecular complexity index is 2110. The van der Waals surface area contributed by atoms with Gasteiger partial charge in [-0.3, -0.25) is 0 Å². The molecule has 2 aliphatic heterocycles. The number of fused-ring (bicyclic) bond motifs is 3. The van der Waals surface area contributed by atoms with E-state index < -0.39 is 10.0 Å². The quantitative estimate of drug-likeness (QED) is 0.238. The molecule has 5 heterocycles. The van der Waals surface area contributed by atoms with Crippen molar-refractivity contribution in [2.45, 2.75) is 18.1 Å². The number of hydrogen-bond acceptors (Lipinski definition) is 7. The Morgan fingerprint density at radius 2 is 1.33 bits per heavy atom. The van der Waals surface area contributed by atoms with E-state index >= 15 is 0 Å². The van der Waals surface area contributed by atoms with Crippen LogP contribution in [0.15, 0.2) is 83.3 Å². The lowest BCUT2D eigenvalue weighted by Gasteiger charge is -2.34. The van der Waals surface area contributed by atoms with Crippen molar-refractivity contribution in [3.05, 3.63) is 90.3 Å². The van der Waals surface area contributed by atoms with E-state index in [0.29, 0.717) is 4.21 Å². The Morgan fingerprint density at radius 3 is 2.00 bits per heavy atom. The molecule has 10 heteroatoms. The lowest BCUT2D eigenvalue weighted by molar-refractivity contribution is 0.313. The minimum absolute atomic E-state index is 0.422. The fourth-order valence-electron chi connectivity index (χ4n) is 6.70. The average Bonchev–Trinajstić information content (AvgIpc) is 3.80. The second-order valence-corrected chi connectivity index (χ2v) is 15.7. The first-order valence-corrected chi connectivity index (χ1v) is 18.2. The molecular weight excluding hydrogens is 613 g/mol. The monoisotopic (exact) mass is 654 g/mol. The number of benzene rings is 3. The minimum Gasteiger partial charge on any atom is -0.368 e. The van der Waals surface area contributed by atoms with Gasteiger partial charge in [0.2, 0.25) is 0 Å². The molecule has 0 saturated carbocycles. The van der Waals surface area contributed by atoms with Crippen LogP contribution in [0.2, 0.25) is 0 Å². The van der Waals surface area contributed by atoms with E-state index in [0.717, 1.165) is 90.2 Å². The zero-order valence-corrected chi connectivity index (χ0v) is 28.7. The third-order valence-corrected chi connectivity index (χ3v) is 13.0. The van der Waals surface area contributed by atoms with Gasteiger partial charge in [-0.1, -0.05) is 29.8 Å². The predicted molar refractivity (Wildman–Crippen MR) is 194 cm³/mol. The van der Waals surface area contributed by atoms with Crippen LogP contribution in [0.4, 0.5) is 11.4 Å². The zero-order valence-electron chi connectivity index (χ0n) is 27.0. The number of nitrogens with one attached hydrogen (secondary N) is 1. The topological polar surface area (TPSA) is 67.8 Å². The van der Waals surface area contributed by atoms with Crippen LogP contribution in [-0.4, -0.2) is 93.6 Å². The van der Waals surface area contributed by atoms with Crippen molar-refractivity contribution in [2.24, 2.45) is 0 Å². The molecule has 0 spiro atoms. The highest BCUT2D eigenvalue weighted by Crippen LogP contribution is 2.38. The van der Waals surface area contributed by atoms with Gasteiger partial charge in [0.05, 0.1) is 5.52 Å². The second kappa shape index (κ2) is 12.4. The lowest BCUT2D eigenvalue weighted by Crippen LogP contribution is -2.44. The highest BCUT2D eigenvalue weighted by Gasteiger charge is 2.26. The summed E-state index contributed by atoms with van der Waals surface area (Å²) in [7, 11) is 0.648. The van der Waals surface area contributed by atoms with Crippen molar-refractivity contribution < 1.29 is 8.42 Å². The number of likely N-dealkylation sites (N-methyl/N-ethyl adjacent to an activating group) is 2. The number of hydrogen-bond donors (Lipinski definition) is 1. The molecule has 2 aliphatic rings. The van der Waals surface area contributed by atoms with Crippen molar-refractivity contribution >= 4 is 64.6 Å². The smallest absolute Gasteiger partial charge is 0.277 e. The van der Waals surface area contributed by atoms with Crippen molar-refractivity contribution in [1.82, 2.24) is 18.8 Å². The van der Waals surface area contributed by atoms with Gasteiger partial charge in [0.1, 0.15) is 4.21 Å². The predicted octanol–water partition coefficient (Wildman–Crippen LogP) is 6.38. The van der Waals surface area contributed by atoms with Gasteiger partial charge in [-0.25, -0.2) is 3.97 Å². The van der Waals surface area contributed by atoms with Crippen LogP contribution in [0.25, 0.3) is 31.9 Å². The van der Waals surface area contributed by atoms with Crippen molar-refractivity contribution in [3.8, 4) is 0 Å². The summed E-state index contributed by atoms with van der Waals surface area (Å²) >= 11 is 1.35. The van der Waals surface area contributed by atoms with Crippen LogP contribution in [0, 0.1) is 13.8 Å². The number of piperazine rings is 2. The summed E-state index contributed by atoms with van der Waals surface area (Å²) in [4.78, 5) is 12.8. The molecule has 3 aromatic carbocycles. The molecule has 1 N–H and O–H groups in total. The van der Waals surface area contributed by atoms with E-state index in [-0.39, 0.29) is 0 Å². The first kappa shape index (κ1) is 30.8. The summed E-state index contributed by atoms with van der Waals surface area (Å²) < 4.78 is 30.2. The maximum absolute atomic E-state index is 13.7. The van der Waals surface area contributed by atoms with Crippen LogP contribution in [0.1, 0.15) is 11.1 Å². The number of aromatic amines is 1. The molecular formula is C36H42N6O2S2. The first-order chi connectivity index (χ1) is 22.2. The molecule has 0 atom stereocenters. The summed E-state index contributed by atoms with van der Waals surface area (Å²) in [6, 6.07) is 22.7. The molecule has 0 unspecified atom stereocenters. The number of rotatable bonds is 4. The Labute approximate surface area is 275 Å². The summed E-state index contributed by atoms with van der Waals surface area (Å²) in [5.74, 6) is 0. The molecule has 8 nitrogen and oxygen atoms in total. The molecule has 46 heavy (non-hydrogen) atoms. The molecule has 8 rings (SSSR count). The Morgan fingerprint density at radius 1 is 0.696 bits per heavy atom. The summed E-state index contributed by atoms with van der Waals surface area (Å²) in [5.41, 5.74) is 6.41. The van der Waals surface area contributed by atoms with Gasteiger partial charge < -0.3 is 24.6 Å². The maximum atomic E-state index is 13.7. The summed E-state index contributed by atoms with van der Waals surface area (Å²) in [6.45, 7) is 12.4. The van der Waals surface area contributed by atoms with Gasteiger partial charge in [-0.15, -0.1) is 11.3 Å². The van der Waals surface area contributed by atoms with Crippen LogP contribution >= 0.6 is 11.3 Å². The van der Waals surface area contributed by atoms with E-state index in [1.807, 2.05) is 50.4 Å². The lowest BCUT2D eigenvalue weighted by atomic mass is 10.1. The number of thiophene rings is 1. The fourth-order valence-corrected chi connectivity index (χ4v) is 9.87. The van der Waals surface area contributed by atoms with Crippen molar-refractivity contribution in [2.75, 3.05) is 76.3 Å². The van der Waals surface area contributed by atoms with Crippen LogP contribution in [0.5, 0.6) is 0 Å². The van der Waals surface area contributed by atoms with Gasteiger partial charge in [-0.05, 0) is 81.4 Å². The molecule has 240 valence electrons. The Hall–Kier alpha value is -3.83. The molecule has 2 saturated heterocycles. The SMILES string of the molecule is CN1CCN(c2cccc3[nH]ccc23)CC1.Cc1ccc2sc(S(=O)(=O)n3ccc4c(N5CCN(C)CC5)cccc43)c(C)c2c1. The van der Waals surface area contributed by atoms with Crippen molar-refractivity contribution in [1.29, 1.82) is 0 Å². The van der Waals surface area contributed by atoms with E-state index in [1.54, 1.807) is 6.20 Å². The molecule has 2 fully saturated rings. The second-order valence-electron chi connectivity index (χ2n) is 12.6. The third-order valence-electron chi connectivity index (χ3n) is 9.48. The molecule has 0 bridgehead atoms. The van der Waals surface area contributed by atoms with Crippen LogP contribution in [0.3, 0.4) is 0 Å². The molecule has 0 amide bonds. The van der Waals surface area contributed by atoms with Gasteiger partial charge in [0, 0.05) is 97.1 Å². The minimum atomic E-state index is -3.68. The van der Waals surface area contributed by atoms with Crippen LogP contribution < -0.4 is 9.80 Å². The first-order valence-electron chi connectivity index (χ1n) is 16.0. The van der Waals surface area contributed by atoms with Gasteiger partial charge >= 0.3 is 0 Å². The van der Waals surface area contributed by atoms with Gasteiger partial charge in [0.15, 0.2) is 0 Å². The standard InChI is InChI=1S/C23H25N3O2S2.C13H17N3/c1-16-7-8-22-19(15-16)17(2)23(29-22)30(27,28)26-10-9-18-20(5-4-6-21(18)26)25-13-11-24(3)12-14-25;1-15-7-9-16(10-8-15)13-4-2-3-12-11(13)5-6-14-12/h4-10,15H,11-14H2,1-3H3;2-6,14H,7-10H2,1H3. The van der Waals surface area contributed by atoms with Gasteiger partial charge in [0.25, 0.3) is 10.0 Å². The van der Waals surface area contributed by atoms with E-state index in [9.17, 15) is 8.42 Å². The zero-order chi connectivity index (χ0) is 32.0. The van der Waals surface area contributed by atoms with E-state index in [2.05, 4.69) is 75.1 Å². The summed E-state index contributed by atoms with van der Waals surface area (Å²) in [6.07, 6.45) is 3.72. The molecule has 0 radical (unpaired) electrons. The molecule has 6 aromatic rings. The number of aromatic nitrogens is 2. The highest BCUT2D eigenvalue weighted by atomic mass is 32.2. The number of anilines is 2. The number of aryl methyl sites for hydroxylation is 2. The number of nitrogens with zero attached hydrogens (tertiary/aromatic N) is 5. The average molecular weight is 655 g/mol. The Balaban J connectivity index is 0.000000177. The van der Waals surface area contributed by atoms with E-state index in [4.69, 9.17) is 0 Å². The third kappa shape index (κ3) is 5.68. The number of H-pyrrole nitrogens is 1. The molecule has 3 aromatic heterocycles. The summed E-state index contributed by atoms with van der Waals surface area (Å²) in [5, 5.41) is 3.35. The normalized spacial score (nSPS) is 16.8. The van der Waals surface area contributed by atoms with Crippen LogP contribution in [-0.2, 0) is 10.0 Å². The fraction of sp³-hybridized carbons (Fsp3) is 0.333.